The molecule has 1 aromatic heterocycles. The largest absolute Gasteiger partial charge is 0.369 e. The number of hydrogen-bond donors (Lipinski definition) is 1. The lowest BCUT2D eigenvalue weighted by Gasteiger charge is -2.05. The van der Waals surface area contributed by atoms with Crippen molar-refractivity contribution in [1.29, 1.82) is 0 Å². The molecular formula is C9H10N2O2. The van der Waals surface area contributed by atoms with Gasteiger partial charge in [-0.3, -0.25) is 14.2 Å². The van der Waals surface area contributed by atoms with Gasteiger partial charge in [0.25, 0.3) is 5.56 Å². The molecular weight excluding hydrogens is 168 g/mol. The quantitative estimate of drug-likeness (QED) is 0.636. The van der Waals surface area contributed by atoms with E-state index in [0.29, 0.717) is 17.9 Å². The van der Waals surface area contributed by atoms with E-state index >= 15 is 0 Å². The number of Topliss-reactive ketones (excluding diaryl/α,β-unsaturated/α-hetero) is 1. The maximum Gasteiger partial charge on any atom is 0.252 e. The zero-order chi connectivity index (χ0) is 9.42. The summed E-state index contributed by atoms with van der Waals surface area (Å²) in [6.07, 6.45) is 0. The first-order valence-electron chi connectivity index (χ1n) is 4.19. The molecule has 0 aromatic carbocycles. The van der Waals surface area contributed by atoms with Gasteiger partial charge in [0.1, 0.15) is 5.82 Å². The summed E-state index contributed by atoms with van der Waals surface area (Å²) in [6, 6.07) is 3.02. The molecule has 0 atom stereocenters. The van der Waals surface area contributed by atoms with E-state index in [1.807, 2.05) is 0 Å². The predicted octanol–water partition coefficient (Wildman–Crippen LogP) is 0.476. The fourth-order valence-electron chi connectivity index (χ4n) is 1.56. The Balaban J connectivity index is 2.69. The third-order valence-electron chi connectivity index (χ3n) is 2.19. The summed E-state index contributed by atoms with van der Waals surface area (Å²) in [5, 5.41) is 3.03. The number of aromatic nitrogens is 1. The molecule has 1 aromatic rings. The summed E-state index contributed by atoms with van der Waals surface area (Å²) in [6.45, 7) is 2.87. The fourth-order valence-corrected chi connectivity index (χ4v) is 1.56. The molecule has 0 fully saturated rings. The highest BCUT2D eigenvalue weighted by atomic mass is 16.1. The number of hydrogen-bond acceptors (Lipinski definition) is 3. The zero-order valence-corrected chi connectivity index (χ0v) is 7.33. The number of nitrogens with one attached hydrogen (secondary N) is 1. The summed E-state index contributed by atoms with van der Waals surface area (Å²) in [5.74, 6) is 0.651. The van der Waals surface area contributed by atoms with Gasteiger partial charge in [-0.15, -0.1) is 0 Å². The number of fused-ring (bicyclic) bond motifs is 1. The molecule has 2 rings (SSSR count). The van der Waals surface area contributed by atoms with E-state index in [1.54, 1.807) is 10.6 Å². The molecule has 68 valence electrons. The first-order valence-corrected chi connectivity index (χ1v) is 4.19. The molecule has 13 heavy (non-hydrogen) atoms. The molecule has 0 bridgehead atoms. The highest BCUT2D eigenvalue weighted by Crippen LogP contribution is 2.17. The minimum Gasteiger partial charge on any atom is -0.369 e. The van der Waals surface area contributed by atoms with Crippen molar-refractivity contribution in [3.63, 3.8) is 0 Å². The van der Waals surface area contributed by atoms with Gasteiger partial charge < -0.3 is 5.32 Å². The van der Waals surface area contributed by atoms with E-state index in [0.717, 1.165) is 6.54 Å². The lowest BCUT2D eigenvalue weighted by atomic mass is 10.2. The summed E-state index contributed by atoms with van der Waals surface area (Å²) in [7, 11) is 0. The molecule has 1 aliphatic rings. The highest BCUT2D eigenvalue weighted by Gasteiger charge is 2.16. The van der Waals surface area contributed by atoms with E-state index in [9.17, 15) is 9.59 Å². The first-order chi connectivity index (χ1) is 6.20. The van der Waals surface area contributed by atoms with Crippen LogP contribution in [0.25, 0.3) is 0 Å². The van der Waals surface area contributed by atoms with E-state index in [1.165, 1.54) is 13.0 Å². The van der Waals surface area contributed by atoms with Crippen molar-refractivity contribution in [3.8, 4) is 0 Å². The third kappa shape index (κ3) is 1.14. The summed E-state index contributed by atoms with van der Waals surface area (Å²) < 4.78 is 1.59. The summed E-state index contributed by atoms with van der Waals surface area (Å²) >= 11 is 0. The summed E-state index contributed by atoms with van der Waals surface area (Å²) in [4.78, 5) is 22.5. The van der Waals surface area contributed by atoms with Crippen LogP contribution in [0.1, 0.15) is 17.3 Å². The minimum absolute atomic E-state index is 0.0156. The summed E-state index contributed by atoms with van der Waals surface area (Å²) in [5.41, 5.74) is 0.544. The van der Waals surface area contributed by atoms with Crippen molar-refractivity contribution in [2.75, 3.05) is 11.9 Å². The Hall–Kier alpha value is -1.58. The Bertz CT molecular complexity index is 420. The van der Waals surface area contributed by atoms with Gasteiger partial charge in [0, 0.05) is 19.2 Å². The number of ketones is 1. The van der Waals surface area contributed by atoms with Crippen LogP contribution in [0.4, 0.5) is 5.82 Å². The smallest absolute Gasteiger partial charge is 0.252 e. The molecule has 0 radical (unpaired) electrons. The van der Waals surface area contributed by atoms with Crippen LogP contribution in [0.5, 0.6) is 0 Å². The number of anilines is 1. The van der Waals surface area contributed by atoms with Crippen LogP contribution in [-0.4, -0.2) is 16.9 Å². The van der Waals surface area contributed by atoms with Gasteiger partial charge in [0.05, 0.1) is 5.56 Å². The molecule has 4 nitrogen and oxygen atoms in total. The Morgan fingerprint density at radius 3 is 3.00 bits per heavy atom. The Morgan fingerprint density at radius 1 is 1.54 bits per heavy atom. The standard InChI is InChI=1S/C9H10N2O2/c1-6(12)7-2-3-8(13)11-5-4-10-9(7)11/h2-3,10H,4-5H2,1H3. The fraction of sp³-hybridized carbons (Fsp3) is 0.333. The average Bonchev–Trinajstić information content (AvgIpc) is 2.53. The molecule has 0 aliphatic carbocycles. The maximum atomic E-state index is 11.3. The van der Waals surface area contributed by atoms with E-state index in [4.69, 9.17) is 0 Å². The molecule has 0 saturated carbocycles. The van der Waals surface area contributed by atoms with Gasteiger partial charge in [-0.05, 0) is 13.0 Å². The lowest BCUT2D eigenvalue weighted by Crippen LogP contribution is -2.18. The van der Waals surface area contributed by atoms with Gasteiger partial charge in [-0.25, -0.2) is 0 Å². The van der Waals surface area contributed by atoms with E-state index in [2.05, 4.69) is 5.32 Å². The number of carbonyl (C=O) groups is 1. The molecule has 2 heterocycles. The van der Waals surface area contributed by atoms with Crippen LogP contribution < -0.4 is 10.9 Å². The molecule has 4 heteroatoms. The Morgan fingerprint density at radius 2 is 2.31 bits per heavy atom. The molecule has 1 aliphatic heterocycles. The molecule has 1 N–H and O–H groups in total. The van der Waals surface area contributed by atoms with Crippen LogP contribution >= 0.6 is 0 Å². The zero-order valence-electron chi connectivity index (χ0n) is 7.33. The van der Waals surface area contributed by atoms with Crippen molar-refractivity contribution in [2.24, 2.45) is 0 Å². The topological polar surface area (TPSA) is 51.1 Å². The van der Waals surface area contributed by atoms with Gasteiger partial charge in [-0.1, -0.05) is 0 Å². The molecule has 0 amide bonds. The Kier molecular flexibility index (Phi) is 1.69. The van der Waals surface area contributed by atoms with Gasteiger partial charge in [0.2, 0.25) is 0 Å². The second kappa shape index (κ2) is 2.73. The number of nitrogens with zero attached hydrogens (tertiary/aromatic N) is 1. The van der Waals surface area contributed by atoms with Crippen LogP contribution in [-0.2, 0) is 6.54 Å². The van der Waals surface area contributed by atoms with Crippen molar-refractivity contribution in [3.05, 3.63) is 28.0 Å². The van der Waals surface area contributed by atoms with Crippen molar-refractivity contribution in [2.45, 2.75) is 13.5 Å². The third-order valence-corrected chi connectivity index (χ3v) is 2.19. The lowest BCUT2D eigenvalue weighted by molar-refractivity contribution is 0.101. The van der Waals surface area contributed by atoms with Crippen LogP contribution in [0.3, 0.4) is 0 Å². The highest BCUT2D eigenvalue weighted by molar-refractivity contribution is 5.98. The average molecular weight is 178 g/mol. The molecule has 0 saturated heterocycles. The first kappa shape index (κ1) is 8.04. The SMILES string of the molecule is CC(=O)c1ccc(=O)n2c1NCC2. The number of carbonyl (C=O) groups excluding carboxylic acids is 1. The van der Waals surface area contributed by atoms with Gasteiger partial charge in [-0.2, -0.15) is 0 Å². The van der Waals surface area contributed by atoms with Crippen LogP contribution in [0.15, 0.2) is 16.9 Å². The molecule has 0 spiro atoms. The molecule has 0 unspecified atom stereocenters. The van der Waals surface area contributed by atoms with Crippen molar-refractivity contribution >= 4 is 11.6 Å². The minimum atomic E-state index is -0.0509. The van der Waals surface area contributed by atoms with Crippen molar-refractivity contribution in [1.82, 2.24) is 4.57 Å². The van der Waals surface area contributed by atoms with Gasteiger partial charge >= 0.3 is 0 Å². The van der Waals surface area contributed by atoms with Crippen molar-refractivity contribution < 1.29 is 4.79 Å². The van der Waals surface area contributed by atoms with Crippen LogP contribution in [0, 0.1) is 0 Å². The number of pyridine rings is 1. The second-order valence-corrected chi connectivity index (χ2v) is 3.07. The second-order valence-electron chi connectivity index (χ2n) is 3.07. The number of rotatable bonds is 1. The van der Waals surface area contributed by atoms with E-state index < -0.39 is 0 Å². The van der Waals surface area contributed by atoms with Gasteiger partial charge in [0.15, 0.2) is 5.78 Å². The Labute approximate surface area is 75.2 Å². The van der Waals surface area contributed by atoms with E-state index in [-0.39, 0.29) is 11.3 Å². The maximum absolute atomic E-state index is 11.3. The normalized spacial score (nSPS) is 13.6. The van der Waals surface area contributed by atoms with Crippen LogP contribution in [0.2, 0.25) is 0 Å². The predicted molar refractivity (Wildman–Crippen MR) is 49.2 cm³/mol. The monoisotopic (exact) mass is 178 g/mol.